The number of nitrogens with one attached hydrogen (secondary N) is 1. The Morgan fingerprint density at radius 3 is 2.61 bits per heavy atom. The number of hydrogen-bond donors (Lipinski definition) is 1. The molecule has 0 bridgehead atoms. The molecule has 0 aliphatic carbocycles. The van der Waals surface area contributed by atoms with Crippen molar-refractivity contribution in [1.29, 1.82) is 0 Å². The maximum Gasteiger partial charge on any atom is 0.246 e. The molecule has 2 aromatic carbocycles. The van der Waals surface area contributed by atoms with Gasteiger partial charge in [-0.15, -0.1) is 0 Å². The summed E-state index contributed by atoms with van der Waals surface area (Å²) in [7, 11) is 0. The van der Waals surface area contributed by atoms with E-state index in [2.05, 4.69) is 16.3 Å². The van der Waals surface area contributed by atoms with Crippen LogP contribution in [0.5, 0.6) is 5.75 Å². The predicted molar refractivity (Wildman–Crippen MR) is 93.1 cm³/mol. The first-order chi connectivity index (χ1) is 11.3. The van der Waals surface area contributed by atoms with Gasteiger partial charge in [0, 0.05) is 6.54 Å². The fourth-order valence-corrected chi connectivity index (χ4v) is 2.82. The van der Waals surface area contributed by atoms with Gasteiger partial charge in [-0.2, -0.15) is 0 Å². The van der Waals surface area contributed by atoms with Gasteiger partial charge in [0.15, 0.2) is 0 Å². The average molecular weight is 310 g/mol. The summed E-state index contributed by atoms with van der Waals surface area (Å²) in [6.45, 7) is 3.50. The van der Waals surface area contributed by atoms with Gasteiger partial charge in [0.1, 0.15) is 11.8 Å². The number of hydrogen-bond acceptors (Lipinski definition) is 3. The SMILES string of the molecule is C[C@@H]1C(=O)Nc2ccccc2N1CCCCOc1ccccc1. The molecule has 0 radical (unpaired) electrons. The Labute approximate surface area is 137 Å². The van der Waals surface area contributed by atoms with Crippen LogP contribution in [0.1, 0.15) is 19.8 Å². The van der Waals surface area contributed by atoms with Gasteiger partial charge in [-0.1, -0.05) is 30.3 Å². The Morgan fingerprint density at radius 1 is 1.04 bits per heavy atom. The summed E-state index contributed by atoms with van der Waals surface area (Å²) < 4.78 is 5.72. The second-order valence-corrected chi connectivity index (χ2v) is 5.74. The van der Waals surface area contributed by atoms with Crippen LogP contribution in [-0.2, 0) is 4.79 Å². The second kappa shape index (κ2) is 7.18. The van der Waals surface area contributed by atoms with Crippen LogP contribution in [0.15, 0.2) is 54.6 Å². The standard InChI is InChI=1S/C19H22N2O2/c1-15-19(22)20-17-11-5-6-12-18(17)21(15)13-7-8-14-23-16-9-3-2-4-10-16/h2-6,9-12,15H,7-8,13-14H2,1H3,(H,20,22)/t15-/m1/s1. The normalized spacial score (nSPS) is 16.7. The summed E-state index contributed by atoms with van der Waals surface area (Å²) in [4.78, 5) is 14.2. The lowest BCUT2D eigenvalue weighted by Gasteiger charge is -2.36. The first-order valence-corrected chi connectivity index (χ1v) is 8.10. The summed E-state index contributed by atoms with van der Waals surface area (Å²) in [6.07, 6.45) is 1.95. The maximum absolute atomic E-state index is 12.1. The van der Waals surface area contributed by atoms with Gasteiger partial charge >= 0.3 is 0 Å². The van der Waals surface area contributed by atoms with Crippen molar-refractivity contribution < 1.29 is 9.53 Å². The number of rotatable bonds is 6. The molecular formula is C19H22N2O2. The van der Waals surface area contributed by atoms with Crippen LogP contribution in [0.4, 0.5) is 11.4 Å². The highest BCUT2D eigenvalue weighted by molar-refractivity contribution is 6.03. The second-order valence-electron chi connectivity index (χ2n) is 5.74. The Balaban J connectivity index is 1.52. The number of amides is 1. The Morgan fingerprint density at radius 2 is 1.78 bits per heavy atom. The first kappa shape index (κ1) is 15.4. The molecule has 0 spiro atoms. The van der Waals surface area contributed by atoms with Gasteiger partial charge in [0.05, 0.1) is 18.0 Å². The average Bonchev–Trinajstić information content (AvgIpc) is 2.58. The van der Waals surface area contributed by atoms with Gasteiger partial charge in [0.25, 0.3) is 0 Å². The minimum atomic E-state index is -0.139. The van der Waals surface area contributed by atoms with Crippen LogP contribution in [-0.4, -0.2) is 25.1 Å². The molecule has 1 aliphatic rings. The molecule has 0 saturated heterocycles. The summed E-state index contributed by atoms with van der Waals surface area (Å²) in [5.74, 6) is 0.966. The molecule has 4 nitrogen and oxygen atoms in total. The van der Waals surface area contributed by atoms with Gasteiger partial charge < -0.3 is 15.0 Å². The van der Waals surface area contributed by atoms with Crippen LogP contribution >= 0.6 is 0 Å². The maximum atomic E-state index is 12.1. The zero-order chi connectivity index (χ0) is 16.1. The summed E-state index contributed by atoms with van der Waals surface area (Å²) >= 11 is 0. The minimum absolute atomic E-state index is 0.0595. The Kier molecular flexibility index (Phi) is 4.81. The molecular weight excluding hydrogens is 288 g/mol. The van der Waals surface area contributed by atoms with Crippen LogP contribution in [0.2, 0.25) is 0 Å². The topological polar surface area (TPSA) is 41.6 Å². The van der Waals surface area contributed by atoms with E-state index in [1.165, 1.54) is 0 Å². The van der Waals surface area contributed by atoms with Crippen LogP contribution in [0.25, 0.3) is 0 Å². The molecule has 2 aromatic rings. The lowest BCUT2D eigenvalue weighted by Crippen LogP contribution is -2.46. The number of benzene rings is 2. The van der Waals surface area contributed by atoms with Crippen LogP contribution < -0.4 is 15.0 Å². The number of para-hydroxylation sites is 3. The predicted octanol–water partition coefficient (Wildman–Crippen LogP) is 3.69. The molecule has 1 amide bonds. The molecule has 1 atom stereocenters. The van der Waals surface area contributed by atoms with Crippen molar-refractivity contribution in [3.63, 3.8) is 0 Å². The zero-order valence-electron chi connectivity index (χ0n) is 13.4. The number of unbranched alkanes of at least 4 members (excludes halogenated alkanes) is 1. The summed E-state index contributed by atoms with van der Waals surface area (Å²) in [6, 6.07) is 17.7. The van der Waals surface area contributed by atoms with Crippen molar-refractivity contribution in [1.82, 2.24) is 0 Å². The Hall–Kier alpha value is -2.49. The molecule has 120 valence electrons. The molecule has 1 aliphatic heterocycles. The third kappa shape index (κ3) is 3.65. The molecule has 1 N–H and O–H groups in total. The largest absolute Gasteiger partial charge is 0.494 e. The molecule has 0 fully saturated rings. The third-order valence-corrected chi connectivity index (χ3v) is 4.12. The number of fused-ring (bicyclic) bond motifs is 1. The number of nitrogens with zero attached hydrogens (tertiary/aromatic N) is 1. The lowest BCUT2D eigenvalue weighted by molar-refractivity contribution is -0.117. The monoisotopic (exact) mass is 310 g/mol. The molecule has 0 aromatic heterocycles. The van der Waals surface area contributed by atoms with Crippen LogP contribution in [0.3, 0.4) is 0 Å². The quantitative estimate of drug-likeness (QED) is 0.827. The van der Waals surface area contributed by atoms with E-state index in [-0.39, 0.29) is 11.9 Å². The number of ether oxygens (including phenoxy) is 1. The van der Waals surface area contributed by atoms with Crippen molar-refractivity contribution in [2.75, 3.05) is 23.4 Å². The number of carbonyl (C=O) groups excluding carboxylic acids is 1. The molecule has 23 heavy (non-hydrogen) atoms. The highest BCUT2D eigenvalue weighted by atomic mass is 16.5. The van der Waals surface area contributed by atoms with Gasteiger partial charge in [-0.3, -0.25) is 4.79 Å². The zero-order valence-corrected chi connectivity index (χ0v) is 13.4. The van der Waals surface area contributed by atoms with Crippen molar-refractivity contribution >= 4 is 17.3 Å². The fourth-order valence-electron chi connectivity index (χ4n) is 2.82. The van der Waals surface area contributed by atoms with Crippen LogP contribution in [0, 0.1) is 0 Å². The Bertz CT molecular complexity index is 657. The molecule has 4 heteroatoms. The molecule has 3 rings (SSSR count). The minimum Gasteiger partial charge on any atom is -0.494 e. The van der Waals surface area contributed by atoms with E-state index in [1.807, 2.05) is 55.5 Å². The van der Waals surface area contributed by atoms with Crippen molar-refractivity contribution in [2.24, 2.45) is 0 Å². The van der Waals surface area contributed by atoms with E-state index >= 15 is 0 Å². The van der Waals surface area contributed by atoms with Crippen molar-refractivity contribution in [2.45, 2.75) is 25.8 Å². The fraction of sp³-hybridized carbons (Fsp3) is 0.316. The van der Waals surface area contributed by atoms with E-state index in [0.717, 1.165) is 36.5 Å². The van der Waals surface area contributed by atoms with E-state index in [0.29, 0.717) is 6.61 Å². The number of carbonyl (C=O) groups is 1. The first-order valence-electron chi connectivity index (χ1n) is 8.10. The van der Waals surface area contributed by atoms with E-state index < -0.39 is 0 Å². The summed E-state index contributed by atoms with van der Waals surface area (Å²) in [5, 5.41) is 2.96. The van der Waals surface area contributed by atoms with Gasteiger partial charge in [-0.05, 0) is 44.0 Å². The summed E-state index contributed by atoms with van der Waals surface area (Å²) in [5.41, 5.74) is 2.00. The highest BCUT2D eigenvalue weighted by Crippen LogP contribution is 2.31. The lowest BCUT2D eigenvalue weighted by atomic mass is 10.1. The third-order valence-electron chi connectivity index (χ3n) is 4.12. The van der Waals surface area contributed by atoms with E-state index in [1.54, 1.807) is 0 Å². The van der Waals surface area contributed by atoms with E-state index in [9.17, 15) is 4.79 Å². The highest BCUT2D eigenvalue weighted by Gasteiger charge is 2.28. The van der Waals surface area contributed by atoms with Crippen molar-refractivity contribution in [3.05, 3.63) is 54.6 Å². The van der Waals surface area contributed by atoms with E-state index in [4.69, 9.17) is 4.74 Å². The molecule has 0 saturated carbocycles. The van der Waals surface area contributed by atoms with Gasteiger partial charge in [0.2, 0.25) is 5.91 Å². The van der Waals surface area contributed by atoms with Crippen molar-refractivity contribution in [3.8, 4) is 5.75 Å². The number of anilines is 2. The molecule has 1 heterocycles. The molecule has 0 unspecified atom stereocenters. The van der Waals surface area contributed by atoms with Gasteiger partial charge in [-0.25, -0.2) is 0 Å². The smallest absolute Gasteiger partial charge is 0.246 e.